The van der Waals surface area contributed by atoms with Crippen molar-refractivity contribution in [3.05, 3.63) is 41.8 Å². The Bertz CT molecular complexity index is 627. The summed E-state index contributed by atoms with van der Waals surface area (Å²) in [6, 6.07) is 5.73. The molecule has 1 aromatic carbocycles. The number of anilines is 1. The topological polar surface area (TPSA) is 75.1 Å². The van der Waals surface area contributed by atoms with Gasteiger partial charge in [0.1, 0.15) is 17.2 Å². The maximum absolute atomic E-state index is 12.9. The van der Waals surface area contributed by atoms with Crippen LogP contribution < -0.4 is 5.32 Å². The quantitative estimate of drug-likeness (QED) is 0.897. The van der Waals surface area contributed by atoms with E-state index in [2.05, 4.69) is 15.3 Å². The normalized spacial score (nSPS) is 10.6. The molecular weight excluding hydrogens is 261 g/mol. The SMILES string of the molecule is CC(C)Nc1nc(-c2ccc(F)cc2)ncc1C(=O)O. The molecule has 104 valence electrons. The van der Waals surface area contributed by atoms with Gasteiger partial charge in [-0.1, -0.05) is 0 Å². The summed E-state index contributed by atoms with van der Waals surface area (Å²) in [6.07, 6.45) is 1.25. The number of benzene rings is 1. The minimum absolute atomic E-state index is 0.00422. The van der Waals surface area contributed by atoms with Crippen LogP contribution in [0.15, 0.2) is 30.5 Å². The molecule has 0 saturated carbocycles. The molecule has 20 heavy (non-hydrogen) atoms. The second-order valence-electron chi connectivity index (χ2n) is 4.57. The van der Waals surface area contributed by atoms with Gasteiger partial charge in [-0.05, 0) is 38.1 Å². The fourth-order valence-electron chi connectivity index (χ4n) is 1.66. The number of aromatic nitrogens is 2. The second kappa shape index (κ2) is 5.64. The minimum atomic E-state index is -1.10. The highest BCUT2D eigenvalue weighted by Gasteiger charge is 2.15. The molecule has 0 aliphatic heterocycles. The number of nitrogens with one attached hydrogen (secondary N) is 1. The van der Waals surface area contributed by atoms with Gasteiger partial charge in [-0.15, -0.1) is 0 Å². The first-order valence-corrected chi connectivity index (χ1v) is 6.10. The van der Waals surface area contributed by atoms with Gasteiger partial charge in [-0.3, -0.25) is 0 Å². The summed E-state index contributed by atoms with van der Waals surface area (Å²) in [5.41, 5.74) is 0.625. The summed E-state index contributed by atoms with van der Waals surface area (Å²) in [7, 11) is 0. The lowest BCUT2D eigenvalue weighted by atomic mass is 10.2. The van der Waals surface area contributed by atoms with Crippen LogP contribution in [0.2, 0.25) is 0 Å². The highest BCUT2D eigenvalue weighted by molar-refractivity contribution is 5.93. The van der Waals surface area contributed by atoms with E-state index in [4.69, 9.17) is 5.11 Å². The van der Waals surface area contributed by atoms with E-state index in [-0.39, 0.29) is 23.2 Å². The van der Waals surface area contributed by atoms with E-state index < -0.39 is 5.97 Å². The Labute approximate surface area is 115 Å². The average Bonchev–Trinajstić information content (AvgIpc) is 2.38. The largest absolute Gasteiger partial charge is 0.477 e. The summed E-state index contributed by atoms with van der Waals surface area (Å²) < 4.78 is 12.9. The molecule has 1 heterocycles. The van der Waals surface area contributed by atoms with Crippen molar-refractivity contribution in [2.45, 2.75) is 19.9 Å². The smallest absolute Gasteiger partial charge is 0.341 e. The van der Waals surface area contributed by atoms with Crippen LogP contribution >= 0.6 is 0 Å². The molecule has 0 spiro atoms. The molecule has 6 heteroatoms. The van der Waals surface area contributed by atoms with Gasteiger partial charge in [-0.2, -0.15) is 0 Å². The standard InChI is InChI=1S/C14H14FN3O2/c1-8(2)17-13-11(14(19)20)7-16-12(18-13)9-3-5-10(15)6-4-9/h3-8H,1-2H3,(H,19,20)(H,16,17,18). The highest BCUT2D eigenvalue weighted by Crippen LogP contribution is 2.20. The fraction of sp³-hybridized carbons (Fsp3) is 0.214. The van der Waals surface area contributed by atoms with Crippen LogP contribution in [0.4, 0.5) is 10.2 Å². The number of carboxylic acid groups (broad SMARTS) is 1. The summed E-state index contributed by atoms with van der Waals surface area (Å²) >= 11 is 0. The van der Waals surface area contributed by atoms with Crippen molar-refractivity contribution in [2.75, 3.05) is 5.32 Å². The van der Waals surface area contributed by atoms with Crippen molar-refractivity contribution < 1.29 is 14.3 Å². The molecule has 1 aromatic heterocycles. The third kappa shape index (κ3) is 3.09. The molecule has 0 unspecified atom stereocenters. The van der Waals surface area contributed by atoms with Crippen LogP contribution in [0.5, 0.6) is 0 Å². The van der Waals surface area contributed by atoms with E-state index in [1.165, 1.54) is 18.3 Å². The van der Waals surface area contributed by atoms with Crippen LogP contribution in [0, 0.1) is 5.82 Å². The zero-order chi connectivity index (χ0) is 14.7. The van der Waals surface area contributed by atoms with Gasteiger partial charge in [0.25, 0.3) is 0 Å². The minimum Gasteiger partial charge on any atom is -0.477 e. The van der Waals surface area contributed by atoms with Gasteiger partial charge >= 0.3 is 5.97 Å². The van der Waals surface area contributed by atoms with Crippen LogP contribution in [0.25, 0.3) is 11.4 Å². The monoisotopic (exact) mass is 275 g/mol. The molecule has 5 nitrogen and oxygen atoms in total. The summed E-state index contributed by atoms with van der Waals surface area (Å²) in [5.74, 6) is -0.852. The average molecular weight is 275 g/mol. The van der Waals surface area contributed by atoms with Gasteiger partial charge in [0.15, 0.2) is 5.82 Å². The molecule has 0 aliphatic carbocycles. The molecule has 0 atom stereocenters. The van der Waals surface area contributed by atoms with Crippen LogP contribution in [-0.2, 0) is 0 Å². The summed E-state index contributed by atoms with van der Waals surface area (Å²) in [6.45, 7) is 3.76. The molecule has 2 rings (SSSR count). The Kier molecular flexibility index (Phi) is 3.93. The van der Waals surface area contributed by atoms with E-state index in [1.54, 1.807) is 12.1 Å². The zero-order valence-corrected chi connectivity index (χ0v) is 11.1. The molecule has 0 radical (unpaired) electrons. The number of nitrogens with zero attached hydrogens (tertiary/aromatic N) is 2. The molecular formula is C14H14FN3O2. The number of halogens is 1. The van der Waals surface area contributed by atoms with Crippen LogP contribution in [0.3, 0.4) is 0 Å². The van der Waals surface area contributed by atoms with E-state index in [0.717, 1.165) is 0 Å². The molecule has 0 fully saturated rings. The van der Waals surface area contributed by atoms with Gasteiger partial charge in [0, 0.05) is 17.8 Å². The number of aromatic carboxylic acids is 1. The van der Waals surface area contributed by atoms with Crippen molar-refractivity contribution in [1.29, 1.82) is 0 Å². The Morgan fingerprint density at radius 3 is 2.50 bits per heavy atom. The second-order valence-corrected chi connectivity index (χ2v) is 4.57. The number of rotatable bonds is 4. The Morgan fingerprint density at radius 1 is 1.30 bits per heavy atom. The van der Waals surface area contributed by atoms with E-state index >= 15 is 0 Å². The van der Waals surface area contributed by atoms with Gasteiger partial charge in [-0.25, -0.2) is 19.2 Å². The molecule has 2 aromatic rings. The number of carbonyl (C=O) groups is 1. The lowest BCUT2D eigenvalue weighted by Crippen LogP contribution is -2.16. The van der Waals surface area contributed by atoms with Gasteiger partial charge < -0.3 is 10.4 Å². The summed E-state index contributed by atoms with van der Waals surface area (Å²) in [4.78, 5) is 19.3. The first-order chi connectivity index (χ1) is 9.47. The van der Waals surface area contributed by atoms with Crippen molar-refractivity contribution in [3.63, 3.8) is 0 Å². The van der Waals surface area contributed by atoms with Crippen molar-refractivity contribution in [3.8, 4) is 11.4 Å². The summed E-state index contributed by atoms with van der Waals surface area (Å²) in [5, 5.41) is 12.1. The number of hydrogen-bond acceptors (Lipinski definition) is 4. The third-order valence-electron chi connectivity index (χ3n) is 2.55. The number of carboxylic acids is 1. The maximum Gasteiger partial charge on any atom is 0.341 e. The van der Waals surface area contributed by atoms with Crippen LogP contribution in [-0.4, -0.2) is 27.1 Å². The maximum atomic E-state index is 12.9. The Hall–Kier alpha value is -2.50. The molecule has 0 amide bonds. The molecule has 0 saturated heterocycles. The van der Waals surface area contributed by atoms with E-state index in [0.29, 0.717) is 11.4 Å². The fourth-order valence-corrected chi connectivity index (χ4v) is 1.66. The van der Waals surface area contributed by atoms with E-state index in [1.807, 2.05) is 13.8 Å². The molecule has 2 N–H and O–H groups in total. The number of hydrogen-bond donors (Lipinski definition) is 2. The Morgan fingerprint density at radius 2 is 1.95 bits per heavy atom. The first kappa shape index (κ1) is 13.9. The molecule has 0 aliphatic rings. The van der Waals surface area contributed by atoms with Crippen molar-refractivity contribution in [1.82, 2.24) is 9.97 Å². The Balaban J connectivity index is 2.45. The van der Waals surface area contributed by atoms with Crippen molar-refractivity contribution in [2.24, 2.45) is 0 Å². The van der Waals surface area contributed by atoms with Gasteiger partial charge in [0.05, 0.1) is 0 Å². The molecule has 0 bridgehead atoms. The first-order valence-electron chi connectivity index (χ1n) is 6.10. The third-order valence-corrected chi connectivity index (χ3v) is 2.55. The lowest BCUT2D eigenvalue weighted by Gasteiger charge is -2.12. The lowest BCUT2D eigenvalue weighted by molar-refractivity contribution is 0.0697. The zero-order valence-electron chi connectivity index (χ0n) is 11.1. The van der Waals surface area contributed by atoms with Gasteiger partial charge in [0.2, 0.25) is 0 Å². The van der Waals surface area contributed by atoms with Crippen LogP contribution in [0.1, 0.15) is 24.2 Å². The predicted octanol–water partition coefficient (Wildman–Crippen LogP) is 2.80. The van der Waals surface area contributed by atoms with E-state index in [9.17, 15) is 9.18 Å². The van der Waals surface area contributed by atoms with Crippen molar-refractivity contribution >= 4 is 11.8 Å². The highest BCUT2D eigenvalue weighted by atomic mass is 19.1. The predicted molar refractivity (Wildman–Crippen MR) is 73.1 cm³/mol.